The van der Waals surface area contributed by atoms with Gasteiger partial charge in [0.2, 0.25) is 5.88 Å². The van der Waals surface area contributed by atoms with Crippen LogP contribution in [-0.2, 0) is 67.1 Å². The normalized spacial score (nSPS) is 24.2. The van der Waals surface area contributed by atoms with Crippen LogP contribution in [0.15, 0.2) is 84.7 Å². The number of carbonyl (C=O) groups is 1. The molecule has 0 aliphatic heterocycles. The van der Waals surface area contributed by atoms with Crippen molar-refractivity contribution in [3.63, 3.8) is 0 Å². The summed E-state index contributed by atoms with van der Waals surface area (Å²) in [6.07, 6.45) is 24.1. The lowest BCUT2D eigenvalue weighted by atomic mass is 9.46. The fourth-order valence-electron chi connectivity index (χ4n) is 16.8. The van der Waals surface area contributed by atoms with Gasteiger partial charge in [-0.25, -0.2) is 9.67 Å². The van der Waals surface area contributed by atoms with Crippen molar-refractivity contribution >= 4 is 38.9 Å². The van der Waals surface area contributed by atoms with Crippen LogP contribution in [0, 0.1) is 34.5 Å². The molecule has 4 saturated carbocycles. The number of thiophene rings is 1. The van der Waals surface area contributed by atoms with Crippen LogP contribution < -0.4 is 10.1 Å². The first-order valence-electron chi connectivity index (χ1n) is 37.4. The van der Waals surface area contributed by atoms with Gasteiger partial charge in [0.05, 0.1) is 155 Å². The molecule has 1 amide bonds. The molecule has 3 N–H and O–H groups in total. The number of amides is 1. The number of hydrogen-bond donors (Lipinski definition) is 3. The molecule has 0 spiro atoms. The zero-order chi connectivity index (χ0) is 69.8. The quantitative estimate of drug-likeness (QED) is 0.0244. The van der Waals surface area contributed by atoms with Crippen LogP contribution in [0.2, 0.25) is 5.02 Å². The van der Waals surface area contributed by atoms with E-state index in [1.807, 2.05) is 60.6 Å². The molecule has 3 heterocycles. The Morgan fingerprint density at radius 3 is 2.00 bits per heavy atom. The van der Waals surface area contributed by atoms with E-state index in [2.05, 4.69) is 65.7 Å². The number of fused-ring (bicyclic) bond motifs is 6. The smallest absolute Gasteiger partial charge is 0.266 e. The van der Waals surface area contributed by atoms with Crippen LogP contribution in [0.25, 0.3) is 21.2 Å². The van der Waals surface area contributed by atoms with Gasteiger partial charge in [-0.2, -0.15) is 0 Å². The number of aromatic nitrogens is 4. The average Bonchev–Trinajstić information content (AvgIpc) is 1.38. The highest BCUT2D eigenvalue weighted by Gasteiger charge is 2.61. The minimum atomic E-state index is -0.617. The van der Waals surface area contributed by atoms with Gasteiger partial charge >= 0.3 is 0 Å². The number of halogens is 1. The van der Waals surface area contributed by atoms with Crippen LogP contribution in [0.3, 0.4) is 0 Å². The first kappa shape index (κ1) is 78.1. The van der Waals surface area contributed by atoms with Crippen molar-refractivity contribution in [2.75, 3.05) is 139 Å². The Morgan fingerprint density at radius 1 is 0.690 bits per heavy atom. The molecule has 2 aromatic carbocycles. The van der Waals surface area contributed by atoms with Gasteiger partial charge in [0.1, 0.15) is 17.2 Å². The Hall–Kier alpha value is -4.53. The molecule has 5 aliphatic rings. The number of aliphatic hydroxyl groups is 2. The van der Waals surface area contributed by atoms with E-state index in [0.717, 1.165) is 134 Å². The van der Waals surface area contributed by atoms with E-state index in [4.69, 9.17) is 63.7 Å². The number of carbonyl (C=O) groups excluding carboxylic acids is 1. The van der Waals surface area contributed by atoms with Gasteiger partial charge in [-0.15, -0.1) is 16.4 Å². The Kier molecular flexibility index (Phi) is 31.7. The van der Waals surface area contributed by atoms with Crippen LogP contribution >= 0.6 is 22.9 Å². The molecule has 4 fully saturated rings. The number of benzene rings is 2. The number of nitrogens with zero attached hydrogens (tertiary/aromatic N) is 5. The average molecular weight is 1430 g/mol. The van der Waals surface area contributed by atoms with E-state index < -0.39 is 5.60 Å². The lowest BCUT2D eigenvalue weighted by Gasteiger charge is -2.59. The third-order valence-electron chi connectivity index (χ3n) is 22.2. The van der Waals surface area contributed by atoms with Crippen LogP contribution in [-0.4, -0.2) is 204 Å². The van der Waals surface area contributed by atoms with E-state index in [1.54, 1.807) is 10.9 Å². The van der Waals surface area contributed by atoms with Gasteiger partial charge in [-0.1, -0.05) is 98.0 Å². The zero-order valence-electron chi connectivity index (χ0n) is 60.1. The lowest BCUT2D eigenvalue weighted by molar-refractivity contribution is -0.105. The summed E-state index contributed by atoms with van der Waals surface area (Å²) in [7, 11) is 2.01. The molecule has 1 unspecified atom stereocenters. The first-order valence-corrected chi connectivity index (χ1v) is 38.6. The molecule has 100 heavy (non-hydrogen) atoms. The van der Waals surface area contributed by atoms with E-state index in [1.165, 1.54) is 42.6 Å². The summed E-state index contributed by atoms with van der Waals surface area (Å²) in [6, 6.07) is 20.8. The number of hydrogen-bond acceptors (Lipinski definition) is 19. The number of allylic oxidation sites excluding steroid dienone is 1. The standard InChI is InChI=1S/C78H115ClN6O14S/c1-76-28-24-65(86)54-61(76)16-21-66-68-22-23-71(77(68,2)29-25-69(66)76)78(3,88)27-9-5-6-10-32-89-34-36-91-38-39-93-40-41-94-42-43-95-44-45-96-48-49-98-57-63-56-84(83-82-63)31-33-90-35-37-92-46-47-97-50-51-99-72-53-60(26-30-81-72)59-13-11-12-58(52-59)55-85(64-19-17-62(80-4)18-20-64)75(87)74-73(79)67-14-7-8-15-70(67)100-74/h7-8,11-16,26,30,52-53,56,62,64-66,68-69,71,80,86,88H,5-6,9-10,17-25,27-29,31-51,54-55,57H2,1-4H3/t62?,64?,65-,66-,68-,69-,71?,76-,77-,78-/m0/s1. The number of rotatable bonds is 47. The molecule has 0 radical (unpaired) electrons. The second-order valence-electron chi connectivity index (χ2n) is 28.8. The predicted molar refractivity (Wildman–Crippen MR) is 389 cm³/mol. The van der Waals surface area contributed by atoms with E-state index >= 15 is 0 Å². The fourth-order valence-corrected chi connectivity index (χ4v) is 18.3. The topological polar surface area (TPSA) is 218 Å². The van der Waals surface area contributed by atoms with Crippen molar-refractivity contribution in [3.8, 4) is 17.0 Å². The summed E-state index contributed by atoms with van der Waals surface area (Å²) >= 11 is 8.35. The molecule has 0 saturated heterocycles. The summed E-state index contributed by atoms with van der Waals surface area (Å²) in [5.41, 5.74) is 5.17. The van der Waals surface area contributed by atoms with E-state index in [0.29, 0.717) is 179 Å². The monoisotopic (exact) mass is 1430 g/mol. The van der Waals surface area contributed by atoms with Crippen molar-refractivity contribution in [1.82, 2.24) is 30.2 Å². The van der Waals surface area contributed by atoms with E-state index in [-0.39, 0.29) is 28.9 Å². The van der Waals surface area contributed by atoms with Crippen molar-refractivity contribution in [2.45, 2.75) is 173 Å². The second kappa shape index (κ2) is 40.7. The largest absolute Gasteiger partial charge is 0.475 e. The van der Waals surface area contributed by atoms with Crippen molar-refractivity contribution < 1.29 is 67.1 Å². The maximum atomic E-state index is 14.4. The number of pyridine rings is 1. The first-order chi connectivity index (χ1) is 48.8. The molecule has 20 nitrogen and oxygen atoms in total. The summed E-state index contributed by atoms with van der Waals surface area (Å²) in [6.45, 7) is 18.2. The highest BCUT2D eigenvalue weighted by molar-refractivity contribution is 7.21. The van der Waals surface area contributed by atoms with Crippen molar-refractivity contribution in [1.29, 1.82) is 0 Å². The molecule has 5 aliphatic carbocycles. The summed E-state index contributed by atoms with van der Waals surface area (Å²) < 4.78 is 65.6. The van der Waals surface area contributed by atoms with Gasteiger partial charge in [-0.3, -0.25) is 4.79 Å². The van der Waals surface area contributed by atoms with Gasteiger partial charge in [0, 0.05) is 47.6 Å². The minimum absolute atomic E-state index is 0.0127. The van der Waals surface area contributed by atoms with Gasteiger partial charge in [0.15, 0.2) is 0 Å². The molecular weight excluding hydrogens is 1310 g/mol. The number of unbranched alkanes of at least 4 members (excludes halogenated alkanes) is 3. The van der Waals surface area contributed by atoms with Crippen LogP contribution in [0.1, 0.15) is 151 Å². The van der Waals surface area contributed by atoms with Crippen molar-refractivity contribution in [3.05, 3.63) is 106 Å². The Bertz CT molecular complexity index is 3240. The van der Waals surface area contributed by atoms with Crippen LogP contribution in [0.4, 0.5) is 0 Å². The molecule has 22 heteroatoms. The number of ether oxygens (including phenoxy) is 11. The molecule has 5 aromatic rings. The van der Waals surface area contributed by atoms with Crippen molar-refractivity contribution in [2.24, 2.45) is 34.5 Å². The maximum Gasteiger partial charge on any atom is 0.266 e. The lowest BCUT2D eigenvalue weighted by Crippen LogP contribution is -2.53. The Labute approximate surface area is 603 Å². The summed E-state index contributed by atoms with van der Waals surface area (Å²) in [5, 5.41) is 35.6. The van der Waals surface area contributed by atoms with Crippen LogP contribution in [0.5, 0.6) is 5.88 Å². The number of nitrogens with one attached hydrogen (secondary N) is 1. The zero-order valence-corrected chi connectivity index (χ0v) is 61.7. The minimum Gasteiger partial charge on any atom is -0.475 e. The third kappa shape index (κ3) is 22.5. The highest BCUT2D eigenvalue weighted by Crippen LogP contribution is 2.68. The highest BCUT2D eigenvalue weighted by atomic mass is 35.5. The third-order valence-corrected chi connectivity index (χ3v) is 23.9. The van der Waals surface area contributed by atoms with E-state index in [9.17, 15) is 15.0 Å². The van der Waals surface area contributed by atoms with Gasteiger partial charge in [-0.05, 0) is 173 Å². The molecule has 10 rings (SSSR count). The molecule has 3 aromatic heterocycles. The summed E-state index contributed by atoms with van der Waals surface area (Å²) in [4.78, 5) is 21.5. The predicted octanol–water partition coefficient (Wildman–Crippen LogP) is 12.8. The van der Waals surface area contributed by atoms with Gasteiger partial charge < -0.3 is 72.5 Å². The SMILES string of the molecule is CNC1CCC(N(Cc2cccc(-c3ccnc(OCCOCCOCCOCCn4cc(COCCOCCOCCOCCOCCOCCOCCCCCC[C@](C)(O)C5CC[C@H]6[C@@H]7CC=C8C[C@@H](O)CC[C@]8(C)[C@H]7CC[C@]56C)nn4)c3)c2)C(=O)c2sc3ccccc3c2Cl)CC1. The summed E-state index contributed by atoms with van der Waals surface area (Å²) in [5.74, 6) is 3.03. The fraction of sp³-hybridized carbons (Fsp3) is 0.692. The molecule has 8 atom stereocenters. The molecule has 0 bridgehead atoms. The maximum absolute atomic E-state index is 14.4. The molecular formula is C78H115ClN6O14S. The Balaban J connectivity index is 0.458. The molecule has 554 valence electrons. The second-order valence-corrected chi connectivity index (χ2v) is 30.2. The Morgan fingerprint density at radius 2 is 1.32 bits per heavy atom. The number of aliphatic hydroxyl groups excluding tert-OH is 1. The van der Waals surface area contributed by atoms with Gasteiger partial charge in [0.25, 0.3) is 5.91 Å².